The number of benzene rings is 3. The van der Waals surface area contributed by atoms with Crippen LogP contribution in [0.2, 0.25) is 0 Å². The summed E-state index contributed by atoms with van der Waals surface area (Å²) in [5, 5.41) is 8.97. The molecule has 0 bridgehead atoms. The molecule has 2 heterocycles. The van der Waals surface area contributed by atoms with E-state index in [1.54, 1.807) is 42.6 Å². The van der Waals surface area contributed by atoms with Gasteiger partial charge in [-0.15, -0.1) is 0 Å². The molecule has 4 aromatic rings. The van der Waals surface area contributed by atoms with Crippen molar-refractivity contribution >= 4 is 29.1 Å². The van der Waals surface area contributed by atoms with Gasteiger partial charge in [0.05, 0.1) is 23.8 Å². The summed E-state index contributed by atoms with van der Waals surface area (Å²) in [5.41, 5.74) is 5.02. The Bertz CT molecular complexity index is 1400. The topological polar surface area (TPSA) is 96.0 Å². The van der Waals surface area contributed by atoms with Crippen molar-refractivity contribution in [1.29, 1.82) is 0 Å². The predicted octanol–water partition coefficient (Wildman–Crippen LogP) is 5.01. The molecule has 0 fully saturated rings. The number of para-hydroxylation sites is 1. The van der Waals surface area contributed by atoms with Crippen molar-refractivity contribution < 1.29 is 14.0 Å². The van der Waals surface area contributed by atoms with Crippen LogP contribution in [0.4, 0.5) is 21.7 Å². The average molecular weight is 468 g/mol. The highest BCUT2D eigenvalue weighted by Crippen LogP contribution is 2.32. The highest BCUT2D eigenvalue weighted by molar-refractivity contribution is 6.00. The van der Waals surface area contributed by atoms with Gasteiger partial charge in [-0.25, -0.2) is 14.4 Å². The van der Waals surface area contributed by atoms with Gasteiger partial charge < -0.3 is 16.0 Å². The number of anilines is 3. The fraction of sp³-hybridized carbons (Fsp3) is 0.111. The molecular formula is C27H22FN5O2. The molecule has 7 nitrogen and oxygen atoms in total. The molecule has 0 radical (unpaired) electrons. The van der Waals surface area contributed by atoms with Crippen LogP contribution in [0.3, 0.4) is 0 Å². The lowest BCUT2D eigenvalue weighted by Gasteiger charge is -2.15. The molecular weight excluding hydrogens is 445 g/mol. The van der Waals surface area contributed by atoms with E-state index in [9.17, 15) is 14.0 Å². The van der Waals surface area contributed by atoms with Gasteiger partial charge >= 0.3 is 0 Å². The zero-order valence-electron chi connectivity index (χ0n) is 18.9. The number of hydrogen-bond donors (Lipinski definition) is 3. The SMILES string of the molecule is CC(NC(=O)c1ccc(Nc2ncc3c(n2)-c2ccccc2NC(=O)C3)cc1)c1ccc(F)cc1. The van der Waals surface area contributed by atoms with Crippen LogP contribution >= 0.6 is 0 Å². The Morgan fingerprint density at radius 3 is 2.54 bits per heavy atom. The van der Waals surface area contributed by atoms with Gasteiger partial charge in [0, 0.05) is 28.6 Å². The third-order valence-electron chi connectivity index (χ3n) is 5.79. The molecule has 3 N–H and O–H groups in total. The molecule has 0 saturated heterocycles. The van der Waals surface area contributed by atoms with E-state index in [1.807, 2.05) is 31.2 Å². The van der Waals surface area contributed by atoms with Gasteiger partial charge in [-0.05, 0) is 55.0 Å². The Hall–Kier alpha value is -4.59. The summed E-state index contributed by atoms with van der Waals surface area (Å²) < 4.78 is 13.1. The maximum atomic E-state index is 13.1. The van der Waals surface area contributed by atoms with E-state index in [0.29, 0.717) is 28.6 Å². The fourth-order valence-electron chi connectivity index (χ4n) is 3.94. The van der Waals surface area contributed by atoms with E-state index in [4.69, 9.17) is 0 Å². The van der Waals surface area contributed by atoms with Crippen LogP contribution in [0.25, 0.3) is 11.3 Å². The zero-order valence-corrected chi connectivity index (χ0v) is 18.9. The molecule has 1 atom stereocenters. The van der Waals surface area contributed by atoms with Crippen molar-refractivity contribution in [3.63, 3.8) is 0 Å². The molecule has 0 saturated carbocycles. The molecule has 35 heavy (non-hydrogen) atoms. The summed E-state index contributed by atoms with van der Waals surface area (Å²) in [6.45, 7) is 1.85. The summed E-state index contributed by atoms with van der Waals surface area (Å²) >= 11 is 0. The summed E-state index contributed by atoms with van der Waals surface area (Å²) in [4.78, 5) is 33.9. The lowest BCUT2D eigenvalue weighted by atomic mass is 10.1. The minimum Gasteiger partial charge on any atom is -0.346 e. The number of fused-ring (bicyclic) bond motifs is 3. The van der Waals surface area contributed by atoms with Crippen molar-refractivity contribution in [3.05, 3.63) is 102 Å². The van der Waals surface area contributed by atoms with E-state index in [0.717, 1.165) is 16.7 Å². The smallest absolute Gasteiger partial charge is 0.251 e. The number of carbonyl (C=O) groups excluding carboxylic acids is 2. The van der Waals surface area contributed by atoms with Crippen LogP contribution < -0.4 is 16.0 Å². The third kappa shape index (κ3) is 4.86. The number of hydrogen-bond acceptors (Lipinski definition) is 5. The maximum absolute atomic E-state index is 13.1. The van der Waals surface area contributed by atoms with E-state index in [-0.39, 0.29) is 30.1 Å². The molecule has 1 aliphatic heterocycles. The van der Waals surface area contributed by atoms with E-state index in [1.165, 1.54) is 12.1 Å². The minimum absolute atomic E-state index is 0.108. The van der Waals surface area contributed by atoms with Gasteiger partial charge in [0.15, 0.2) is 0 Å². The van der Waals surface area contributed by atoms with Gasteiger partial charge in [0.25, 0.3) is 5.91 Å². The number of aromatic nitrogens is 2. The summed E-state index contributed by atoms with van der Waals surface area (Å²) in [6.07, 6.45) is 1.86. The minimum atomic E-state index is -0.316. The monoisotopic (exact) mass is 467 g/mol. The summed E-state index contributed by atoms with van der Waals surface area (Å²) in [7, 11) is 0. The van der Waals surface area contributed by atoms with Crippen molar-refractivity contribution in [2.45, 2.75) is 19.4 Å². The lowest BCUT2D eigenvalue weighted by molar-refractivity contribution is -0.115. The van der Waals surface area contributed by atoms with Crippen molar-refractivity contribution in [2.75, 3.05) is 10.6 Å². The van der Waals surface area contributed by atoms with Gasteiger partial charge in [-0.3, -0.25) is 9.59 Å². The normalized spacial score (nSPS) is 13.0. The second-order valence-electron chi connectivity index (χ2n) is 8.29. The predicted molar refractivity (Wildman–Crippen MR) is 132 cm³/mol. The Morgan fingerprint density at radius 1 is 1.03 bits per heavy atom. The Kier molecular flexibility index (Phi) is 5.93. The molecule has 0 aliphatic carbocycles. The van der Waals surface area contributed by atoms with E-state index in [2.05, 4.69) is 25.9 Å². The van der Waals surface area contributed by atoms with Gasteiger partial charge in [-0.1, -0.05) is 30.3 Å². The second kappa shape index (κ2) is 9.34. The summed E-state index contributed by atoms with van der Waals surface area (Å²) in [6, 6.07) is 20.2. The fourth-order valence-corrected chi connectivity index (χ4v) is 3.94. The number of rotatable bonds is 5. The molecule has 2 amide bonds. The van der Waals surface area contributed by atoms with E-state index >= 15 is 0 Å². The molecule has 1 aromatic heterocycles. The Labute approximate surface area is 201 Å². The highest BCUT2D eigenvalue weighted by atomic mass is 19.1. The average Bonchev–Trinajstić information content (AvgIpc) is 3.00. The van der Waals surface area contributed by atoms with Crippen molar-refractivity contribution in [2.24, 2.45) is 0 Å². The van der Waals surface area contributed by atoms with Crippen LogP contribution in [0, 0.1) is 5.82 Å². The van der Waals surface area contributed by atoms with Crippen LogP contribution in [0.15, 0.2) is 79.0 Å². The first-order valence-corrected chi connectivity index (χ1v) is 11.1. The Morgan fingerprint density at radius 2 is 1.77 bits per heavy atom. The third-order valence-corrected chi connectivity index (χ3v) is 5.79. The van der Waals surface area contributed by atoms with Crippen LogP contribution in [-0.2, 0) is 11.2 Å². The van der Waals surface area contributed by atoms with Crippen LogP contribution in [-0.4, -0.2) is 21.8 Å². The first-order valence-electron chi connectivity index (χ1n) is 11.1. The first kappa shape index (κ1) is 22.2. The van der Waals surface area contributed by atoms with Gasteiger partial charge in [0.2, 0.25) is 11.9 Å². The molecule has 5 rings (SSSR count). The van der Waals surface area contributed by atoms with Crippen LogP contribution in [0.1, 0.15) is 34.5 Å². The molecule has 1 aliphatic rings. The second-order valence-corrected chi connectivity index (χ2v) is 8.29. The quantitative estimate of drug-likeness (QED) is 0.383. The Balaban J connectivity index is 1.31. The number of nitrogens with one attached hydrogen (secondary N) is 3. The van der Waals surface area contributed by atoms with Gasteiger partial charge in [0.1, 0.15) is 5.82 Å². The standard InChI is InChI=1S/C27H22FN5O2/c1-16(17-6-10-20(28)11-7-17)30-26(35)18-8-12-21(13-9-18)31-27-29-15-19-14-24(34)32-23-5-3-2-4-22(23)25(19)33-27/h2-13,15-16H,14H2,1H3,(H,30,35)(H,32,34)(H,29,31,33). The molecule has 0 spiro atoms. The van der Waals surface area contributed by atoms with Crippen LogP contribution in [0.5, 0.6) is 0 Å². The summed E-state index contributed by atoms with van der Waals surface area (Å²) in [5.74, 6) is -0.273. The van der Waals surface area contributed by atoms with Crippen molar-refractivity contribution in [3.8, 4) is 11.3 Å². The number of carbonyl (C=O) groups is 2. The number of amides is 2. The largest absolute Gasteiger partial charge is 0.346 e. The highest BCUT2D eigenvalue weighted by Gasteiger charge is 2.20. The molecule has 174 valence electrons. The van der Waals surface area contributed by atoms with E-state index < -0.39 is 0 Å². The first-order chi connectivity index (χ1) is 17.0. The number of halogens is 1. The maximum Gasteiger partial charge on any atom is 0.251 e. The number of nitrogens with zero attached hydrogens (tertiary/aromatic N) is 2. The molecule has 1 unspecified atom stereocenters. The van der Waals surface area contributed by atoms with Crippen molar-refractivity contribution in [1.82, 2.24) is 15.3 Å². The zero-order chi connectivity index (χ0) is 24.4. The van der Waals surface area contributed by atoms with Gasteiger partial charge in [-0.2, -0.15) is 0 Å². The lowest BCUT2D eigenvalue weighted by Crippen LogP contribution is -2.26. The molecule has 3 aromatic carbocycles. The molecule has 8 heteroatoms.